The summed E-state index contributed by atoms with van der Waals surface area (Å²) in [6.07, 6.45) is 9.54. The van der Waals surface area contributed by atoms with E-state index >= 15 is 0 Å². The molecule has 2 aliphatic rings. The second-order valence-electron chi connectivity index (χ2n) is 14.5. The largest absolute Gasteiger partial charge is 0.491 e. The van der Waals surface area contributed by atoms with Crippen molar-refractivity contribution in [2.45, 2.75) is 98.5 Å². The van der Waals surface area contributed by atoms with Crippen LogP contribution < -0.4 is 20.0 Å². The van der Waals surface area contributed by atoms with Crippen LogP contribution in [-0.2, 0) is 21.7 Å². The number of anilines is 2. The second kappa shape index (κ2) is 22.6. The number of benzene rings is 3. The first-order chi connectivity index (χ1) is 27.1. The third-order valence-corrected chi connectivity index (χ3v) is 10.8. The summed E-state index contributed by atoms with van der Waals surface area (Å²) in [5.41, 5.74) is 10.0. The zero-order valence-electron chi connectivity index (χ0n) is 35.1. The Morgan fingerprint density at radius 2 is 1.68 bits per heavy atom. The lowest BCUT2D eigenvalue weighted by atomic mass is 9.98. The quantitative estimate of drug-likeness (QED) is 0.0750. The minimum absolute atomic E-state index is 0.236. The summed E-state index contributed by atoms with van der Waals surface area (Å²) in [5.74, 6) is -0.146. The highest BCUT2D eigenvalue weighted by atomic mass is 35.5. The molecular formula is C45H66ClN7O3. The molecule has 2 N–H and O–H groups in total. The summed E-state index contributed by atoms with van der Waals surface area (Å²) < 4.78 is 19.2. The SMILES string of the molecule is C/C=N\N(/C(C)=C/CC)C(C)CC.CCc1ccc(C2(CCCN(C=N)NC)OCC(COc3ccc(N4CCN(c5ccc(C)cc5)CC4)cc3)O2)c(Cl)c1. The molecule has 0 saturated carbocycles. The van der Waals surface area contributed by atoms with Crippen LogP contribution in [-0.4, -0.2) is 87.7 Å². The molecule has 2 heterocycles. The molecular weight excluding hydrogens is 722 g/mol. The number of ether oxygens (including phenoxy) is 3. The lowest BCUT2D eigenvalue weighted by Crippen LogP contribution is -2.46. The van der Waals surface area contributed by atoms with Gasteiger partial charge in [0.25, 0.3) is 0 Å². The Morgan fingerprint density at radius 1 is 1.04 bits per heavy atom. The number of hydrogen-bond acceptors (Lipinski definition) is 9. The minimum Gasteiger partial charge on any atom is -0.491 e. The molecule has 0 radical (unpaired) electrons. The van der Waals surface area contributed by atoms with E-state index in [9.17, 15) is 0 Å². The Labute approximate surface area is 341 Å². The maximum absolute atomic E-state index is 7.56. The molecule has 2 fully saturated rings. The van der Waals surface area contributed by atoms with Crippen molar-refractivity contribution in [2.24, 2.45) is 5.10 Å². The van der Waals surface area contributed by atoms with E-state index in [-0.39, 0.29) is 6.10 Å². The third kappa shape index (κ3) is 12.5. The number of aryl methyl sites for hydroxylation is 2. The van der Waals surface area contributed by atoms with Crippen molar-refractivity contribution in [2.75, 3.05) is 62.8 Å². The first-order valence-corrected chi connectivity index (χ1v) is 20.8. The van der Waals surface area contributed by atoms with Crippen LogP contribution in [0.1, 0.15) is 83.9 Å². The zero-order chi connectivity index (χ0) is 40.5. The lowest BCUT2D eigenvalue weighted by Gasteiger charge is -2.37. The molecule has 5 rings (SSSR count). The van der Waals surface area contributed by atoms with Crippen molar-refractivity contribution >= 4 is 35.5 Å². The van der Waals surface area contributed by atoms with Crippen molar-refractivity contribution in [3.05, 3.63) is 100 Å². The van der Waals surface area contributed by atoms with E-state index in [1.165, 1.54) is 34.5 Å². The number of piperazine rings is 1. The lowest BCUT2D eigenvalue weighted by molar-refractivity contribution is -0.185. The van der Waals surface area contributed by atoms with Crippen molar-refractivity contribution in [3.8, 4) is 5.75 Å². The van der Waals surface area contributed by atoms with Crippen LogP contribution in [0.4, 0.5) is 11.4 Å². The predicted molar refractivity (Wildman–Crippen MR) is 234 cm³/mol. The number of nitrogens with one attached hydrogen (secondary N) is 2. The highest BCUT2D eigenvalue weighted by molar-refractivity contribution is 6.31. The van der Waals surface area contributed by atoms with E-state index < -0.39 is 5.79 Å². The van der Waals surface area contributed by atoms with Crippen LogP contribution in [0.3, 0.4) is 0 Å². The summed E-state index contributed by atoms with van der Waals surface area (Å²) in [5, 5.41) is 16.4. The molecule has 0 amide bonds. The molecule has 2 saturated heterocycles. The average molecular weight is 789 g/mol. The Morgan fingerprint density at radius 3 is 2.21 bits per heavy atom. The summed E-state index contributed by atoms with van der Waals surface area (Å²) in [4.78, 5) is 4.88. The number of allylic oxidation sites excluding steroid dienone is 2. The highest BCUT2D eigenvalue weighted by Gasteiger charge is 2.44. The summed E-state index contributed by atoms with van der Waals surface area (Å²) >= 11 is 6.76. The maximum atomic E-state index is 7.56. The number of halogens is 1. The third-order valence-electron chi connectivity index (χ3n) is 10.5. The van der Waals surface area contributed by atoms with E-state index in [0.717, 1.165) is 63.2 Å². The van der Waals surface area contributed by atoms with Gasteiger partial charge in [-0.05, 0) is 101 Å². The standard InChI is InChI=1S/C34H44ClN5O3.C11H22N2/c1-4-27-8-15-32(33(35)22-27)34(16-5-17-40(25-36)37-3)42-24-31(43-34)23-41-30-13-11-29(12-14-30)39-20-18-38(19-21-39)28-9-6-26(2)7-10-28;1-6-9-11(5)13(12-8-3)10(4)7-2/h6-15,22,25,31,36-37H,4-5,16-21,23-24H2,1-3H3;8-10H,6-7H2,1-5H3/b;11-9+,12-8-. The first-order valence-electron chi connectivity index (χ1n) is 20.4. The van der Waals surface area contributed by atoms with Crippen molar-refractivity contribution in [3.63, 3.8) is 0 Å². The van der Waals surface area contributed by atoms with Crippen LogP contribution in [0.2, 0.25) is 5.02 Å². The Hall–Kier alpha value is -4.09. The molecule has 10 nitrogen and oxygen atoms in total. The molecule has 3 aromatic carbocycles. The van der Waals surface area contributed by atoms with Crippen LogP contribution >= 0.6 is 11.6 Å². The van der Waals surface area contributed by atoms with Gasteiger partial charge in [0, 0.05) is 86.1 Å². The minimum atomic E-state index is -0.955. The van der Waals surface area contributed by atoms with E-state index in [4.69, 9.17) is 31.2 Å². The van der Waals surface area contributed by atoms with Gasteiger partial charge in [0.1, 0.15) is 18.5 Å². The fourth-order valence-electron chi connectivity index (χ4n) is 7.02. The van der Waals surface area contributed by atoms with Gasteiger partial charge in [-0.2, -0.15) is 5.10 Å². The fourth-order valence-corrected chi connectivity index (χ4v) is 7.37. The van der Waals surface area contributed by atoms with Crippen LogP contribution in [0.15, 0.2) is 83.6 Å². The van der Waals surface area contributed by atoms with Crippen molar-refractivity contribution < 1.29 is 14.2 Å². The molecule has 306 valence electrons. The van der Waals surface area contributed by atoms with E-state index in [1.807, 2.05) is 37.4 Å². The predicted octanol–water partition coefficient (Wildman–Crippen LogP) is 9.41. The zero-order valence-corrected chi connectivity index (χ0v) is 35.8. The number of hydrazine groups is 1. The summed E-state index contributed by atoms with van der Waals surface area (Å²) in [6, 6.07) is 23.7. The van der Waals surface area contributed by atoms with E-state index in [2.05, 4.69) is 115 Å². The molecule has 3 unspecified atom stereocenters. The number of hydrogen-bond donors (Lipinski definition) is 2. The van der Waals surface area contributed by atoms with Gasteiger partial charge >= 0.3 is 0 Å². The van der Waals surface area contributed by atoms with E-state index in [1.54, 1.807) is 12.1 Å². The molecule has 2 aliphatic heterocycles. The number of rotatable bonds is 18. The molecule has 0 spiro atoms. The first kappa shape index (κ1) is 44.6. The Kier molecular flexibility index (Phi) is 18.0. The molecule has 3 atom stereocenters. The van der Waals surface area contributed by atoms with Gasteiger partial charge in [-0.15, -0.1) is 0 Å². The smallest absolute Gasteiger partial charge is 0.196 e. The topological polar surface area (TPSA) is 88.9 Å². The van der Waals surface area contributed by atoms with Gasteiger partial charge in [0.2, 0.25) is 0 Å². The van der Waals surface area contributed by atoms with Gasteiger partial charge in [0.05, 0.1) is 12.9 Å². The van der Waals surface area contributed by atoms with Crippen LogP contribution in [0.5, 0.6) is 5.75 Å². The van der Waals surface area contributed by atoms with E-state index in [0.29, 0.717) is 37.2 Å². The Balaban J connectivity index is 0.000000460. The highest BCUT2D eigenvalue weighted by Crippen LogP contribution is 2.42. The molecule has 0 aromatic heterocycles. The van der Waals surface area contributed by atoms with Crippen LogP contribution in [0.25, 0.3) is 0 Å². The van der Waals surface area contributed by atoms with Crippen molar-refractivity contribution in [1.82, 2.24) is 15.4 Å². The Bertz CT molecular complexity index is 1680. The van der Waals surface area contributed by atoms with Gasteiger partial charge in [0.15, 0.2) is 5.79 Å². The maximum Gasteiger partial charge on any atom is 0.196 e. The van der Waals surface area contributed by atoms with Gasteiger partial charge in [-0.3, -0.25) is 15.4 Å². The monoisotopic (exact) mass is 787 g/mol. The molecule has 0 aliphatic carbocycles. The summed E-state index contributed by atoms with van der Waals surface area (Å²) in [7, 11) is 1.80. The van der Waals surface area contributed by atoms with Crippen molar-refractivity contribution in [1.29, 1.82) is 5.41 Å². The fraction of sp³-hybridized carbons (Fsp3) is 0.511. The molecule has 56 heavy (non-hydrogen) atoms. The normalized spacial score (nSPS) is 19.1. The number of hydrazone groups is 1. The molecule has 11 heteroatoms. The van der Waals surface area contributed by atoms with Gasteiger partial charge < -0.3 is 24.0 Å². The summed E-state index contributed by atoms with van der Waals surface area (Å²) in [6.45, 7) is 20.2. The molecule has 3 aromatic rings. The molecule has 0 bridgehead atoms. The van der Waals surface area contributed by atoms with Gasteiger partial charge in [-0.1, -0.05) is 68.3 Å². The van der Waals surface area contributed by atoms with Crippen LogP contribution in [0, 0.1) is 12.3 Å². The average Bonchev–Trinajstić information content (AvgIpc) is 3.65. The second-order valence-corrected chi connectivity index (χ2v) is 14.9. The van der Waals surface area contributed by atoms with Gasteiger partial charge in [-0.25, -0.2) is 5.43 Å². The number of nitrogens with zero attached hydrogens (tertiary/aromatic N) is 5.